The van der Waals surface area contributed by atoms with Gasteiger partial charge in [0, 0.05) is 31.9 Å². The van der Waals surface area contributed by atoms with E-state index in [4.69, 9.17) is 5.73 Å². The fourth-order valence-electron chi connectivity index (χ4n) is 3.14. The minimum Gasteiger partial charge on any atom is -0.357 e. The summed E-state index contributed by atoms with van der Waals surface area (Å²) in [6, 6.07) is 15.7. The molecule has 0 atom stereocenters. The first-order chi connectivity index (χ1) is 15.0. The van der Waals surface area contributed by atoms with Crippen LogP contribution in [-0.4, -0.2) is 43.5 Å². The summed E-state index contributed by atoms with van der Waals surface area (Å²) in [7, 11) is -1.78. The van der Waals surface area contributed by atoms with E-state index >= 15 is 0 Å². The summed E-state index contributed by atoms with van der Waals surface area (Å²) in [6.07, 6.45) is 4.88. The van der Waals surface area contributed by atoms with Crippen molar-refractivity contribution in [2.45, 2.75) is 4.90 Å². The number of anilines is 2. The second-order valence-electron chi connectivity index (χ2n) is 7.02. The molecule has 0 amide bonds. The molecule has 0 aliphatic rings. The van der Waals surface area contributed by atoms with Crippen molar-refractivity contribution in [3.05, 3.63) is 73.2 Å². The Hall–Kier alpha value is -3.56. The fraction of sp³-hybridized carbons (Fsp3) is 0.136. The largest absolute Gasteiger partial charge is 0.357 e. The zero-order chi connectivity index (χ0) is 21.8. The van der Waals surface area contributed by atoms with Crippen molar-refractivity contribution in [1.29, 1.82) is 0 Å². The van der Waals surface area contributed by atoms with Gasteiger partial charge in [-0.2, -0.15) is 0 Å². The predicted octanol–water partition coefficient (Wildman–Crippen LogP) is 2.89. The Kier molecular flexibility index (Phi) is 5.79. The minimum atomic E-state index is -3.70. The fourth-order valence-corrected chi connectivity index (χ4v) is 4.20. The third-order valence-electron chi connectivity index (χ3n) is 4.76. The van der Waals surface area contributed by atoms with E-state index in [2.05, 4.69) is 19.7 Å². The molecule has 0 bridgehead atoms. The first kappa shape index (κ1) is 20.7. The number of pyridine rings is 1. The molecule has 158 valence electrons. The van der Waals surface area contributed by atoms with Crippen LogP contribution < -0.4 is 15.4 Å². The van der Waals surface area contributed by atoms with Gasteiger partial charge in [0.15, 0.2) is 0 Å². The van der Waals surface area contributed by atoms with Gasteiger partial charge in [0.25, 0.3) is 10.0 Å². The molecule has 0 fully saturated rings. The number of nitrogens with two attached hydrogens (primary N) is 1. The van der Waals surface area contributed by atoms with E-state index in [0.717, 1.165) is 28.0 Å². The van der Waals surface area contributed by atoms with Crippen LogP contribution in [0.3, 0.4) is 0 Å². The van der Waals surface area contributed by atoms with Crippen LogP contribution in [0.4, 0.5) is 11.5 Å². The molecule has 0 spiro atoms. The number of likely N-dealkylation sites (N-methyl/N-ethyl adjacent to an activating group) is 1. The predicted molar refractivity (Wildman–Crippen MR) is 122 cm³/mol. The molecule has 2 aromatic heterocycles. The molecule has 0 radical (unpaired) electrons. The standard InChI is InChI=1S/C22H22N6O2S/c1-28(10-9-23)22-15-25-20-8-7-16(12-21(20)26-22)17-11-18(14-24-13-17)27-31(29,30)19-5-3-2-4-6-19/h2-8,11-15,27H,9-10,23H2,1H3. The Labute approximate surface area is 180 Å². The van der Waals surface area contributed by atoms with Gasteiger partial charge in [0.05, 0.1) is 34.0 Å². The van der Waals surface area contributed by atoms with Gasteiger partial charge in [0.1, 0.15) is 5.82 Å². The van der Waals surface area contributed by atoms with Gasteiger partial charge in [-0.15, -0.1) is 0 Å². The van der Waals surface area contributed by atoms with Crippen molar-refractivity contribution < 1.29 is 8.42 Å². The molecule has 2 aromatic carbocycles. The Morgan fingerprint density at radius 2 is 1.77 bits per heavy atom. The van der Waals surface area contributed by atoms with Crippen molar-refractivity contribution in [2.24, 2.45) is 5.73 Å². The highest BCUT2D eigenvalue weighted by Crippen LogP contribution is 2.26. The number of hydrogen-bond acceptors (Lipinski definition) is 7. The third-order valence-corrected chi connectivity index (χ3v) is 6.16. The maximum absolute atomic E-state index is 12.6. The Morgan fingerprint density at radius 3 is 2.55 bits per heavy atom. The highest BCUT2D eigenvalue weighted by molar-refractivity contribution is 7.92. The summed E-state index contributed by atoms with van der Waals surface area (Å²) in [6.45, 7) is 1.20. The van der Waals surface area contributed by atoms with Gasteiger partial charge >= 0.3 is 0 Å². The smallest absolute Gasteiger partial charge is 0.261 e. The number of benzene rings is 2. The number of aromatic nitrogens is 3. The van der Waals surface area contributed by atoms with Crippen molar-refractivity contribution in [3.63, 3.8) is 0 Å². The average Bonchev–Trinajstić information content (AvgIpc) is 2.79. The lowest BCUT2D eigenvalue weighted by molar-refractivity contribution is 0.601. The quantitative estimate of drug-likeness (QED) is 0.460. The molecule has 9 heteroatoms. The number of sulfonamides is 1. The summed E-state index contributed by atoms with van der Waals surface area (Å²) < 4.78 is 27.8. The van der Waals surface area contributed by atoms with Gasteiger partial charge in [0.2, 0.25) is 0 Å². The average molecular weight is 435 g/mol. The van der Waals surface area contributed by atoms with E-state index in [9.17, 15) is 8.42 Å². The third kappa shape index (κ3) is 4.62. The summed E-state index contributed by atoms with van der Waals surface area (Å²) in [5.74, 6) is 0.734. The van der Waals surface area contributed by atoms with Crippen LogP contribution in [0.2, 0.25) is 0 Å². The first-order valence-corrected chi connectivity index (χ1v) is 11.2. The highest BCUT2D eigenvalue weighted by atomic mass is 32.2. The molecule has 8 nitrogen and oxygen atoms in total. The van der Waals surface area contributed by atoms with Crippen molar-refractivity contribution in [2.75, 3.05) is 29.8 Å². The van der Waals surface area contributed by atoms with Crippen molar-refractivity contribution >= 4 is 32.6 Å². The second kappa shape index (κ2) is 8.66. The van der Waals surface area contributed by atoms with E-state index in [1.807, 2.05) is 30.1 Å². The molecule has 0 unspecified atom stereocenters. The van der Waals surface area contributed by atoms with Crippen LogP contribution in [-0.2, 0) is 10.0 Å². The van der Waals surface area contributed by atoms with Crippen LogP contribution in [0.15, 0.2) is 78.1 Å². The molecule has 0 saturated heterocycles. The lowest BCUT2D eigenvalue weighted by Crippen LogP contribution is -2.25. The van der Waals surface area contributed by atoms with E-state index < -0.39 is 10.0 Å². The number of fused-ring (bicyclic) bond motifs is 1. The Bertz CT molecular complexity index is 1310. The van der Waals surface area contributed by atoms with Gasteiger partial charge in [-0.05, 0) is 35.9 Å². The molecular weight excluding hydrogens is 412 g/mol. The maximum atomic E-state index is 12.6. The molecular formula is C22H22N6O2S. The first-order valence-electron chi connectivity index (χ1n) is 9.67. The topological polar surface area (TPSA) is 114 Å². The van der Waals surface area contributed by atoms with Crippen LogP contribution in [0.1, 0.15) is 0 Å². The van der Waals surface area contributed by atoms with E-state index in [0.29, 0.717) is 18.8 Å². The van der Waals surface area contributed by atoms with E-state index in [-0.39, 0.29) is 4.90 Å². The summed E-state index contributed by atoms with van der Waals surface area (Å²) in [4.78, 5) is 15.5. The van der Waals surface area contributed by atoms with Gasteiger partial charge < -0.3 is 10.6 Å². The number of nitrogens with zero attached hydrogens (tertiary/aromatic N) is 4. The van der Waals surface area contributed by atoms with Crippen LogP contribution in [0, 0.1) is 0 Å². The summed E-state index contributed by atoms with van der Waals surface area (Å²) in [5, 5.41) is 0. The summed E-state index contributed by atoms with van der Waals surface area (Å²) in [5.41, 5.74) is 9.12. The van der Waals surface area contributed by atoms with Crippen LogP contribution in [0.25, 0.3) is 22.2 Å². The van der Waals surface area contributed by atoms with Crippen LogP contribution in [0.5, 0.6) is 0 Å². The molecule has 31 heavy (non-hydrogen) atoms. The lowest BCUT2D eigenvalue weighted by atomic mass is 10.1. The molecule has 4 rings (SSSR count). The van der Waals surface area contributed by atoms with Crippen molar-refractivity contribution in [1.82, 2.24) is 15.0 Å². The molecule has 3 N–H and O–H groups in total. The monoisotopic (exact) mass is 434 g/mol. The van der Waals surface area contributed by atoms with E-state index in [1.165, 1.54) is 6.20 Å². The van der Waals surface area contributed by atoms with Crippen molar-refractivity contribution in [3.8, 4) is 11.1 Å². The number of hydrogen-bond donors (Lipinski definition) is 2. The number of rotatable bonds is 7. The van der Waals surface area contributed by atoms with Gasteiger partial charge in [-0.25, -0.2) is 13.4 Å². The molecule has 0 saturated carbocycles. The van der Waals surface area contributed by atoms with E-state index in [1.54, 1.807) is 48.8 Å². The molecule has 0 aliphatic heterocycles. The summed E-state index contributed by atoms with van der Waals surface area (Å²) >= 11 is 0. The highest BCUT2D eigenvalue weighted by Gasteiger charge is 2.14. The number of nitrogens with one attached hydrogen (secondary N) is 1. The Balaban J connectivity index is 1.65. The Morgan fingerprint density at radius 1 is 0.968 bits per heavy atom. The van der Waals surface area contributed by atoms with Gasteiger partial charge in [-0.1, -0.05) is 24.3 Å². The molecule has 4 aromatic rings. The SMILES string of the molecule is CN(CCN)c1cnc2ccc(-c3cncc(NS(=O)(=O)c4ccccc4)c3)cc2n1. The molecule has 0 aliphatic carbocycles. The lowest BCUT2D eigenvalue weighted by Gasteiger charge is -2.16. The zero-order valence-electron chi connectivity index (χ0n) is 16.9. The zero-order valence-corrected chi connectivity index (χ0v) is 17.7. The maximum Gasteiger partial charge on any atom is 0.261 e. The normalized spacial score (nSPS) is 11.4. The molecule has 2 heterocycles. The second-order valence-corrected chi connectivity index (χ2v) is 8.71. The van der Waals surface area contributed by atoms with Gasteiger partial charge in [-0.3, -0.25) is 14.7 Å². The minimum absolute atomic E-state index is 0.190. The van der Waals surface area contributed by atoms with Crippen LogP contribution >= 0.6 is 0 Å².